The van der Waals surface area contributed by atoms with Crippen LogP contribution in [0.3, 0.4) is 0 Å². The summed E-state index contributed by atoms with van der Waals surface area (Å²) in [6.45, 7) is 0. The van der Waals surface area contributed by atoms with E-state index in [1.807, 2.05) is 6.07 Å². The highest BCUT2D eigenvalue weighted by atomic mass is 16.3. The van der Waals surface area contributed by atoms with E-state index in [0.717, 1.165) is 10.8 Å². The van der Waals surface area contributed by atoms with Gasteiger partial charge in [0.25, 0.3) is 0 Å². The summed E-state index contributed by atoms with van der Waals surface area (Å²) in [5.41, 5.74) is 0.561. The van der Waals surface area contributed by atoms with Gasteiger partial charge >= 0.3 is 0 Å². The van der Waals surface area contributed by atoms with E-state index in [2.05, 4.69) is 0 Å². The SMILES string of the molecule is N#Cc1ccc2c(C=O)occ2c1. The van der Waals surface area contributed by atoms with Gasteiger partial charge in [0.15, 0.2) is 12.0 Å². The fourth-order valence-electron chi connectivity index (χ4n) is 1.24. The van der Waals surface area contributed by atoms with Crippen LogP contribution in [0.2, 0.25) is 0 Å². The van der Waals surface area contributed by atoms with Crippen molar-refractivity contribution < 1.29 is 9.21 Å². The minimum Gasteiger partial charge on any atom is -0.460 e. The molecule has 1 heterocycles. The number of fused-ring (bicyclic) bond motifs is 1. The summed E-state index contributed by atoms with van der Waals surface area (Å²) in [6, 6.07) is 7.07. The molecule has 0 saturated carbocycles. The Labute approximate surface area is 74.2 Å². The molecular weight excluding hydrogens is 166 g/mol. The first-order chi connectivity index (χ1) is 6.35. The van der Waals surface area contributed by atoms with Crippen LogP contribution in [0.4, 0.5) is 0 Å². The van der Waals surface area contributed by atoms with Crippen molar-refractivity contribution in [3.63, 3.8) is 0 Å². The van der Waals surface area contributed by atoms with E-state index in [4.69, 9.17) is 9.68 Å². The number of nitrogens with zero attached hydrogens (tertiary/aromatic N) is 1. The van der Waals surface area contributed by atoms with Gasteiger partial charge in [-0.15, -0.1) is 0 Å². The molecule has 13 heavy (non-hydrogen) atoms. The number of aldehydes is 1. The molecule has 0 aliphatic rings. The van der Waals surface area contributed by atoms with E-state index < -0.39 is 0 Å². The van der Waals surface area contributed by atoms with Crippen LogP contribution < -0.4 is 0 Å². The molecule has 0 aliphatic heterocycles. The summed E-state index contributed by atoms with van der Waals surface area (Å²) in [6.07, 6.45) is 2.13. The Hall–Kier alpha value is -2.08. The molecule has 1 aromatic carbocycles. The summed E-state index contributed by atoms with van der Waals surface area (Å²) >= 11 is 0. The average molecular weight is 171 g/mol. The lowest BCUT2D eigenvalue weighted by Gasteiger charge is -1.88. The molecular formula is C10H5NO2. The zero-order valence-corrected chi connectivity index (χ0v) is 6.65. The highest BCUT2D eigenvalue weighted by Gasteiger charge is 2.04. The van der Waals surface area contributed by atoms with Gasteiger partial charge in [0, 0.05) is 10.8 Å². The van der Waals surface area contributed by atoms with E-state index in [1.54, 1.807) is 18.2 Å². The van der Waals surface area contributed by atoms with Crippen molar-refractivity contribution >= 4 is 17.1 Å². The number of hydrogen-bond donors (Lipinski definition) is 0. The lowest BCUT2D eigenvalue weighted by atomic mass is 10.1. The zero-order valence-electron chi connectivity index (χ0n) is 6.65. The minimum absolute atomic E-state index is 0.305. The molecule has 0 aliphatic carbocycles. The van der Waals surface area contributed by atoms with Crippen LogP contribution in [-0.4, -0.2) is 6.29 Å². The van der Waals surface area contributed by atoms with Crippen molar-refractivity contribution in [3.8, 4) is 6.07 Å². The predicted octanol–water partition coefficient (Wildman–Crippen LogP) is 2.12. The van der Waals surface area contributed by atoms with E-state index >= 15 is 0 Å². The van der Waals surface area contributed by atoms with Gasteiger partial charge in [0.2, 0.25) is 0 Å². The summed E-state index contributed by atoms with van der Waals surface area (Å²) in [5, 5.41) is 10.1. The second-order valence-electron chi connectivity index (χ2n) is 2.63. The molecule has 1 aromatic heterocycles. The van der Waals surface area contributed by atoms with Crippen LogP contribution in [0.5, 0.6) is 0 Å². The number of hydrogen-bond acceptors (Lipinski definition) is 3. The second kappa shape index (κ2) is 2.76. The Bertz CT molecular complexity index is 505. The highest BCUT2D eigenvalue weighted by Crippen LogP contribution is 2.20. The van der Waals surface area contributed by atoms with Gasteiger partial charge < -0.3 is 4.42 Å². The summed E-state index contributed by atoms with van der Waals surface area (Å²) in [7, 11) is 0. The molecule has 2 aromatic rings. The largest absolute Gasteiger partial charge is 0.460 e. The van der Waals surface area contributed by atoms with E-state index in [1.165, 1.54) is 6.26 Å². The third-order valence-corrected chi connectivity index (χ3v) is 1.87. The number of nitriles is 1. The molecule has 0 N–H and O–H groups in total. The summed E-state index contributed by atoms with van der Waals surface area (Å²) in [5.74, 6) is 0.305. The Morgan fingerprint density at radius 1 is 1.46 bits per heavy atom. The average Bonchev–Trinajstić information content (AvgIpc) is 2.59. The molecule has 0 saturated heterocycles. The lowest BCUT2D eigenvalue weighted by molar-refractivity contribution is 0.110. The first kappa shape index (κ1) is 7.56. The maximum absolute atomic E-state index is 10.5. The van der Waals surface area contributed by atoms with Crippen molar-refractivity contribution in [2.75, 3.05) is 0 Å². The highest BCUT2D eigenvalue weighted by molar-refractivity contribution is 5.96. The molecule has 62 valence electrons. The van der Waals surface area contributed by atoms with Gasteiger partial charge in [-0.1, -0.05) is 0 Å². The molecule has 0 fully saturated rings. The van der Waals surface area contributed by atoms with Crippen molar-refractivity contribution in [2.45, 2.75) is 0 Å². The normalized spacial score (nSPS) is 9.77. The molecule has 0 amide bonds. The molecule has 2 rings (SSSR count). The molecule has 3 heteroatoms. The number of furan rings is 1. The lowest BCUT2D eigenvalue weighted by Crippen LogP contribution is -1.76. The van der Waals surface area contributed by atoms with Gasteiger partial charge in [-0.25, -0.2) is 0 Å². The van der Waals surface area contributed by atoms with Crippen LogP contribution >= 0.6 is 0 Å². The predicted molar refractivity (Wildman–Crippen MR) is 46.3 cm³/mol. The first-order valence-corrected chi connectivity index (χ1v) is 3.71. The molecule has 0 bridgehead atoms. The van der Waals surface area contributed by atoms with Crippen LogP contribution in [-0.2, 0) is 0 Å². The maximum Gasteiger partial charge on any atom is 0.185 e. The Balaban J connectivity index is 2.76. The first-order valence-electron chi connectivity index (χ1n) is 3.71. The number of rotatable bonds is 1. The quantitative estimate of drug-likeness (QED) is 0.617. The van der Waals surface area contributed by atoms with Crippen molar-refractivity contribution in [2.24, 2.45) is 0 Å². The molecule has 0 radical (unpaired) electrons. The minimum atomic E-state index is 0.305. The number of benzene rings is 1. The Morgan fingerprint density at radius 3 is 3.00 bits per heavy atom. The van der Waals surface area contributed by atoms with Gasteiger partial charge in [0.05, 0.1) is 17.9 Å². The Kier molecular flexibility index (Phi) is 1.60. The van der Waals surface area contributed by atoms with Crippen LogP contribution in [0.15, 0.2) is 28.9 Å². The summed E-state index contributed by atoms with van der Waals surface area (Å²) in [4.78, 5) is 10.5. The van der Waals surface area contributed by atoms with Gasteiger partial charge in [0.1, 0.15) is 0 Å². The van der Waals surface area contributed by atoms with Crippen LogP contribution in [0.1, 0.15) is 16.1 Å². The topological polar surface area (TPSA) is 54.0 Å². The third kappa shape index (κ3) is 1.09. The summed E-state index contributed by atoms with van der Waals surface area (Å²) < 4.78 is 4.99. The molecule has 0 unspecified atom stereocenters. The van der Waals surface area contributed by atoms with E-state index in [0.29, 0.717) is 17.6 Å². The smallest absolute Gasteiger partial charge is 0.185 e. The van der Waals surface area contributed by atoms with Crippen LogP contribution in [0.25, 0.3) is 10.8 Å². The molecule has 0 atom stereocenters. The van der Waals surface area contributed by atoms with E-state index in [-0.39, 0.29) is 0 Å². The van der Waals surface area contributed by atoms with Crippen molar-refractivity contribution in [3.05, 3.63) is 35.8 Å². The van der Waals surface area contributed by atoms with Gasteiger partial charge in [-0.3, -0.25) is 4.79 Å². The third-order valence-electron chi connectivity index (χ3n) is 1.87. The van der Waals surface area contributed by atoms with Crippen molar-refractivity contribution in [1.29, 1.82) is 5.26 Å². The van der Waals surface area contributed by atoms with Crippen LogP contribution in [0, 0.1) is 11.3 Å². The standard InChI is InChI=1S/C10H5NO2/c11-4-7-1-2-9-8(3-7)6-13-10(9)5-12/h1-3,5-6H. The maximum atomic E-state index is 10.5. The van der Waals surface area contributed by atoms with Crippen molar-refractivity contribution in [1.82, 2.24) is 0 Å². The second-order valence-corrected chi connectivity index (χ2v) is 2.63. The van der Waals surface area contributed by atoms with E-state index in [9.17, 15) is 4.79 Å². The molecule has 0 spiro atoms. The zero-order chi connectivity index (χ0) is 9.26. The number of carbonyl (C=O) groups is 1. The fraction of sp³-hybridized carbons (Fsp3) is 0. The number of carbonyl (C=O) groups excluding carboxylic acids is 1. The molecule has 3 nitrogen and oxygen atoms in total. The van der Waals surface area contributed by atoms with Gasteiger partial charge in [-0.05, 0) is 18.2 Å². The monoisotopic (exact) mass is 171 g/mol. The fourth-order valence-corrected chi connectivity index (χ4v) is 1.24. The Morgan fingerprint density at radius 2 is 2.31 bits per heavy atom. The van der Waals surface area contributed by atoms with Gasteiger partial charge in [-0.2, -0.15) is 5.26 Å².